The summed E-state index contributed by atoms with van der Waals surface area (Å²) < 4.78 is 6.91. The van der Waals surface area contributed by atoms with E-state index in [0.717, 1.165) is 36.1 Å². The minimum Gasteiger partial charge on any atom is -0.432 e. The molecular formula is C39H47ClN4O6Si. The summed E-state index contributed by atoms with van der Waals surface area (Å²) in [5, 5.41) is 17.0. The fraction of sp³-hybridized carbons (Fsp3) is 0.462. The van der Waals surface area contributed by atoms with Crippen molar-refractivity contribution in [1.29, 1.82) is 0 Å². The zero-order valence-electron chi connectivity index (χ0n) is 29.4. The Morgan fingerprint density at radius 1 is 1.10 bits per heavy atom. The van der Waals surface area contributed by atoms with Gasteiger partial charge in [0, 0.05) is 40.8 Å². The van der Waals surface area contributed by atoms with Gasteiger partial charge in [-0.25, -0.2) is 0 Å². The lowest BCUT2D eigenvalue weighted by Gasteiger charge is -2.37. The van der Waals surface area contributed by atoms with Crippen molar-refractivity contribution in [2.75, 3.05) is 29.9 Å². The van der Waals surface area contributed by atoms with Gasteiger partial charge in [0.05, 0.1) is 43.3 Å². The molecule has 10 nitrogen and oxygen atoms in total. The number of aliphatic hydroxyl groups excluding tert-OH is 1. The van der Waals surface area contributed by atoms with E-state index < -0.39 is 31.5 Å². The van der Waals surface area contributed by atoms with Gasteiger partial charge in [0.1, 0.15) is 0 Å². The monoisotopic (exact) mass is 730 g/mol. The number of anilines is 2. The summed E-state index contributed by atoms with van der Waals surface area (Å²) in [6, 6.07) is 20.5. The van der Waals surface area contributed by atoms with Crippen molar-refractivity contribution in [3.8, 4) is 0 Å². The maximum absolute atomic E-state index is 14.8. The molecule has 0 radical (unpaired) electrons. The van der Waals surface area contributed by atoms with Gasteiger partial charge in [-0.15, -0.1) is 0 Å². The van der Waals surface area contributed by atoms with Crippen LogP contribution in [0.15, 0.2) is 66.7 Å². The van der Waals surface area contributed by atoms with Gasteiger partial charge in [0.2, 0.25) is 11.8 Å². The number of piperidine rings is 1. The minimum atomic E-state index is -3.02. The summed E-state index contributed by atoms with van der Waals surface area (Å²) in [4.78, 5) is 56.9. The number of carbonyl (C=O) groups is 3. The number of ether oxygens (including phenoxy) is 1. The summed E-state index contributed by atoms with van der Waals surface area (Å²) in [5.74, 6) is -0.954. The normalized spacial score (nSPS) is 27.4. The van der Waals surface area contributed by atoms with Crippen molar-refractivity contribution < 1.29 is 29.0 Å². The van der Waals surface area contributed by atoms with Crippen LogP contribution in [0.3, 0.4) is 0 Å². The number of fused-ring (bicyclic) bond motifs is 3. The molecular weight excluding hydrogens is 684 g/mol. The average Bonchev–Trinajstić information content (AvgIpc) is 3.54. The largest absolute Gasteiger partial charge is 0.432 e. The molecule has 4 N–H and O–H groups in total. The lowest BCUT2D eigenvalue weighted by atomic mass is 9.82. The molecule has 1 unspecified atom stereocenters. The first-order valence-electron chi connectivity index (χ1n) is 18.0. The summed E-state index contributed by atoms with van der Waals surface area (Å²) in [7, 11) is -3.02. The molecule has 4 aliphatic rings. The Morgan fingerprint density at radius 2 is 1.84 bits per heavy atom. The van der Waals surface area contributed by atoms with Crippen LogP contribution in [0.5, 0.6) is 0 Å². The summed E-state index contributed by atoms with van der Waals surface area (Å²) in [6.45, 7) is 7.70. The third-order valence-electron chi connectivity index (χ3n) is 11.4. The zero-order valence-corrected chi connectivity index (χ0v) is 31.2. The third-order valence-corrected chi connectivity index (χ3v) is 14.2. The van der Waals surface area contributed by atoms with Gasteiger partial charge in [0.25, 0.3) is 5.91 Å². The summed E-state index contributed by atoms with van der Waals surface area (Å²) in [6.07, 6.45) is 1.64. The Morgan fingerprint density at radius 3 is 2.53 bits per heavy atom. The van der Waals surface area contributed by atoms with Crippen LogP contribution < -0.4 is 15.5 Å². The van der Waals surface area contributed by atoms with Crippen LogP contribution in [-0.4, -0.2) is 72.7 Å². The van der Waals surface area contributed by atoms with E-state index in [4.69, 9.17) is 16.3 Å². The van der Waals surface area contributed by atoms with Gasteiger partial charge >= 0.3 is 0 Å². The molecule has 1 spiro atoms. The van der Waals surface area contributed by atoms with Crippen LogP contribution in [0.4, 0.5) is 11.4 Å². The molecule has 270 valence electrons. The number of hydrogen-bond donors (Lipinski definition) is 4. The van der Waals surface area contributed by atoms with E-state index >= 15 is 0 Å². The summed E-state index contributed by atoms with van der Waals surface area (Å²) in [5.41, 5.74) is 3.15. The highest BCUT2D eigenvalue weighted by Gasteiger charge is 2.66. The standard InChI is InChI=1S/C39H47ClN4O6Si/c1-24-36(51(2,3)49)34(19-35(46)43-22-28-8-5-4-7-26(28)17-31(43)23-45)50-39(24)32-18-29(40)12-15-33(32)44(38(39)48)21-25-10-13-30(14-11-25)42-37(47)27-9-6-16-41-20-27/h4-5,7-8,10-15,18,24,27,31,34,36,41,45,49H,6,9,16-17,19-23H2,1-3H3,(H,42,47)/t24-,27?,31+,34+,36-,39+/m1/s1. The highest BCUT2D eigenvalue weighted by Crippen LogP contribution is 2.60. The topological polar surface area (TPSA) is 131 Å². The highest BCUT2D eigenvalue weighted by molar-refractivity contribution is 6.71. The van der Waals surface area contributed by atoms with Crippen LogP contribution in [0.1, 0.15) is 48.4 Å². The quantitative estimate of drug-likeness (QED) is 0.241. The van der Waals surface area contributed by atoms with Crippen LogP contribution in [0.2, 0.25) is 23.7 Å². The molecule has 6 atom stereocenters. The van der Waals surface area contributed by atoms with Gasteiger partial charge in [-0.1, -0.05) is 54.9 Å². The second-order valence-electron chi connectivity index (χ2n) is 15.2. The molecule has 2 fully saturated rings. The number of aliphatic hydroxyl groups is 1. The van der Waals surface area contributed by atoms with Gasteiger partial charge in [-0.3, -0.25) is 14.4 Å². The minimum absolute atomic E-state index is 0.000259. The maximum atomic E-state index is 14.8. The number of hydrogen-bond acceptors (Lipinski definition) is 7. The van der Waals surface area contributed by atoms with Crippen molar-refractivity contribution in [2.45, 2.75) is 82.1 Å². The Kier molecular flexibility index (Phi) is 9.90. The first kappa shape index (κ1) is 35.8. The van der Waals surface area contributed by atoms with E-state index in [9.17, 15) is 24.3 Å². The van der Waals surface area contributed by atoms with E-state index in [1.54, 1.807) is 21.9 Å². The molecule has 4 aliphatic heterocycles. The number of halogens is 1. The van der Waals surface area contributed by atoms with Crippen molar-refractivity contribution in [1.82, 2.24) is 10.2 Å². The first-order chi connectivity index (χ1) is 24.4. The highest BCUT2D eigenvalue weighted by atomic mass is 35.5. The van der Waals surface area contributed by atoms with E-state index in [1.807, 2.05) is 74.6 Å². The molecule has 0 aromatic heterocycles. The number of amides is 3. The van der Waals surface area contributed by atoms with Gasteiger partial charge in [0.15, 0.2) is 13.9 Å². The Balaban J connectivity index is 1.15. The smallest absolute Gasteiger partial charge is 0.264 e. The number of benzene rings is 3. The number of rotatable bonds is 8. The number of carbonyl (C=O) groups excluding carboxylic acids is 3. The third kappa shape index (κ3) is 6.64. The lowest BCUT2D eigenvalue weighted by molar-refractivity contribution is -0.151. The molecule has 3 amide bonds. The van der Waals surface area contributed by atoms with Crippen LogP contribution in [-0.2, 0) is 44.2 Å². The lowest BCUT2D eigenvalue weighted by Crippen LogP contribution is -2.48. The molecule has 3 aromatic carbocycles. The molecule has 2 saturated heterocycles. The number of nitrogens with one attached hydrogen (secondary N) is 2. The predicted molar refractivity (Wildman–Crippen MR) is 199 cm³/mol. The van der Waals surface area contributed by atoms with Crippen molar-refractivity contribution >= 4 is 49.0 Å². The van der Waals surface area contributed by atoms with Crippen molar-refractivity contribution in [3.63, 3.8) is 0 Å². The van der Waals surface area contributed by atoms with Crippen LogP contribution >= 0.6 is 11.6 Å². The van der Waals surface area contributed by atoms with Crippen LogP contribution in [0, 0.1) is 11.8 Å². The molecule has 51 heavy (non-hydrogen) atoms. The zero-order chi connectivity index (χ0) is 36.1. The molecule has 0 bridgehead atoms. The Labute approximate surface area is 305 Å². The maximum Gasteiger partial charge on any atom is 0.264 e. The molecule has 4 heterocycles. The molecule has 0 aliphatic carbocycles. The van der Waals surface area contributed by atoms with Crippen molar-refractivity contribution in [2.24, 2.45) is 11.8 Å². The summed E-state index contributed by atoms with van der Waals surface area (Å²) >= 11 is 6.58. The fourth-order valence-electron chi connectivity index (χ4n) is 8.93. The molecule has 0 saturated carbocycles. The van der Waals surface area contributed by atoms with Gasteiger partial charge in [-0.05, 0) is 85.9 Å². The molecule has 12 heteroatoms. The SMILES string of the molecule is C[C@@H]1[C@@H]([Si](C)(C)O)[C@H](CC(=O)N2Cc3ccccc3C[C@H]2CO)O[C@@]12C(=O)N(Cc1ccc(NC(=O)C3CCCNC3)cc1)c1ccc(Cl)cc12. The second kappa shape index (κ2) is 14.1. The van der Waals surface area contributed by atoms with Gasteiger partial charge < -0.3 is 35.1 Å². The van der Waals surface area contributed by atoms with Crippen molar-refractivity contribution in [3.05, 3.63) is 94.0 Å². The average molecular weight is 731 g/mol. The Hall–Kier alpha value is -3.58. The fourth-order valence-corrected chi connectivity index (χ4v) is 11.7. The molecule has 7 rings (SSSR count). The number of nitrogens with zero attached hydrogens (tertiary/aromatic N) is 2. The molecule has 3 aromatic rings. The van der Waals surface area contributed by atoms with E-state index in [2.05, 4.69) is 10.6 Å². The first-order valence-corrected chi connectivity index (χ1v) is 21.4. The van der Waals surface area contributed by atoms with Crippen LogP contribution in [0.25, 0.3) is 0 Å². The second-order valence-corrected chi connectivity index (χ2v) is 19.6. The van der Waals surface area contributed by atoms with E-state index in [0.29, 0.717) is 41.5 Å². The van der Waals surface area contributed by atoms with E-state index in [-0.39, 0.29) is 49.3 Å². The Bertz CT molecular complexity index is 1810. The van der Waals surface area contributed by atoms with Gasteiger partial charge in [-0.2, -0.15) is 0 Å². The predicted octanol–water partition coefficient (Wildman–Crippen LogP) is 4.96. The van der Waals surface area contributed by atoms with E-state index in [1.165, 1.54) is 0 Å².